The van der Waals surface area contributed by atoms with Crippen molar-refractivity contribution in [2.75, 3.05) is 11.5 Å². The maximum atomic E-state index is 10.3. The molecule has 0 heterocycles. The minimum absolute atomic E-state index is 0. The molecule has 0 fully saturated rings. The molecule has 0 aromatic heterocycles. The van der Waals surface area contributed by atoms with Gasteiger partial charge in [0.2, 0.25) is 0 Å². The van der Waals surface area contributed by atoms with Crippen molar-refractivity contribution in [1.29, 1.82) is 0 Å². The van der Waals surface area contributed by atoms with Crippen LogP contribution in [0.1, 0.15) is 0 Å². The average Bonchev–Trinajstić information content (AvgIpc) is 2.11. The molecule has 2 unspecified atom stereocenters. The van der Waals surface area contributed by atoms with E-state index in [0.29, 0.717) is 0 Å². The Morgan fingerprint density at radius 2 is 1.27 bits per heavy atom. The van der Waals surface area contributed by atoms with Crippen molar-refractivity contribution in [1.82, 2.24) is 0 Å². The third-order valence-electron chi connectivity index (χ3n) is 1.21. The largest absolute Gasteiger partial charge is 0.480 e. The van der Waals surface area contributed by atoms with Crippen molar-refractivity contribution in [2.24, 2.45) is 11.5 Å². The SMILES string of the molecule is NC(CSSCC(N)C(=O)O)C(=O)O.[Cr]. The summed E-state index contributed by atoms with van der Waals surface area (Å²) in [6.45, 7) is 0. The molecule has 0 aromatic rings. The first-order chi connectivity index (χ1) is 6.45. The summed E-state index contributed by atoms with van der Waals surface area (Å²) in [6, 6.07) is -1.85. The molecule has 6 nitrogen and oxygen atoms in total. The van der Waals surface area contributed by atoms with Gasteiger partial charge in [0.1, 0.15) is 12.1 Å². The summed E-state index contributed by atoms with van der Waals surface area (Å²) in [5, 5.41) is 16.8. The summed E-state index contributed by atoms with van der Waals surface area (Å²) in [5.74, 6) is -1.68. The second-order valence-corrected chi connectivity index (χ2v) is 5.01. The van der Waals surface area contributed by atoms with Crippen LogP contribution >= 0.6 is 21.6 Å². The third kappa shape index (κ3) is 9.05. The molecular weight excluding hydrogens is 280 g/mol. The quantitative estimate of drug-likeness (QED) is 0.354. The van der Waals surface area contributed by atoms with Crippen molar-refractivity contribution >= 4 is 33.5 Å². The monoisotopic (exact) mass is 292 g/mol. The van der Waals surface area contributed by atoms with Gasteiger partial charge >= 0.3 is 11.9 Å². The molecule has 0 spiro atoms. The topological polar surface area (TPSA) is 127 Å². The number of carboxylic acid groups (broad SMARTS) is 2. The van der Waals surface area contributed by atoms with Crippen LogP contribution in [0.15, 0.2) is 0 Å². The fraction of sp³-hybridized carbons (Fsp3) is 0.667. The van der Waals surface area contributed by atoms with Gasteiger partial charge in [-0.15, -0.1) is 0 Å². The first kappa shape index (κ1) is 17.5. The van der Waals surface area contributed by atoms with Gasteiger partial charge in [0.25, 0.3) is 0 Å². The van der Waals surface area contributed by atoms with Gasteiger partial charge in [0, 0.05) is 28.9 Å². The Morgan fingerprint density at radius 1 is 1.00 bits per heavy atom. The number of rotatable bonds is 7. The zero-order valence-electron chi connectivity index (χ0n) is 7.66. The predicted molar refractivity (Wildman–Crippen MR) is 56.1 cm³/mol. The molecule has 0 aliphatic carbocycles. The second kappa shape index (κ2) is 9.33. The van der Waals surface area contributed by atoms with E-state index in [1.807, 2.05) is 0 Å². The van der Waals surface area contributed by atoms with Crippen LogP contribution in [0, 0.1) is 0 Å². The predicted octanol–water partition coefficient (Wildman–Crippen LogP) is -0.811. The Morgan fingerprint density at radius 3 is 1.47 bits per heavy atom. The first-order valence-corrected chi connectivity index (χ1v) is 6.15. The number of hydrogen-bond acceptors (Lipinski definition) is 6. The van der Waals surface area contributed by atoms with Crippen LogP contribution in [0.3, 0.4) is 0 Å². The number of carboxylic acids is 2. The Kier molecular flexibility index (Phi) is 10.9. The number of hydrogen-bond donors (Lipinski definition) is 4. The molecule has 2 atom stereocenters. The van der Waals surface area contributed by atoms with Crippen LogP contribution in [0.5, 0.6) is 0 Å². The van der Waals surface area contributed by atoms with E-state index in [1.165, 1.54) is 21.6 Å². The van der Waals surface area contributed by atoms with Crippen LogP contribution in [0.2, 0.25) is 0 Å². The van der Waals surface area contributed by atoms with Gasteiger partial charge in [-0.25, -0.2) is 0 Å². The third-order valence-corrected chi connectivity index (χ3v) is 3.69. The molecule has 0 aromatic carbocycles. The van der Waals surface area contributed by atoms with E-state index in [0.717, 1.165) is 0 Å². The summed E-state index contributed by atoms with van der Waals surface area (Å²) in [5.41, 5.74) is 10.4. The van der Waals surface area contributed by atoms with Crippen molar-refractivity contribution in [3.05, 3.63) is 0 Å². The molecule has 0 rings (SSSR count). The molecule has 0 saturated heterocycles. The van der Waals surface area contributed by atoms with Crippen LogP contribution in [-0.2, 0) is 27.0 Å². The maximum absolute atomic E-state index is 10.3. The zero-order chi connectivity index (χ0) is 11.1. The Balaban J connectivity index is 0. The molecule has 0 aliphatic heterocycles. The Bertz CT molecular complexity index is 197. The van der Waals surface area contributed by atoms with Crippen LogP contribution in [0.25, 0.3) is 0 Å². The van der Waals surface area contributed by atoms with Gasteiger partial charge in [0.15, 0.2) is 0 Å². The molecule has 88 valence electrons. The van der Waals surface area contributed by atoms with Crippen LogP contribution in [0.4, 0.5) is 0 Å². The smallest absolute Gasteiger partial charge is 0.321 e. The van der Waals surface area contributed by atoms with Crippen molar-refractivity contribution < 1.29 is 37.2 Å². The van der Waals surface area contributed by atoms with Gasteiger partial charge < -0.3 is 21.7 Å². The van der Waals surface area contributed by atoms with E-state index in [9.17, 15) is 9.59 Å². The number of aliphatic carboxylic acids is 2. The number of carbonyl (C=O) groups is 2. The van der Waals surface area contributed by atoms with E-state index in [2.05, 4.69) is 0 Å². The first-order valence-electron chi connectivity index (χ1n) is 3.66. The molecule has 0 saturated carbocycles. The maximum Gasteiger partial charge on any atom is 0.321 e. The van der Waals surface area contributed by atoms with E-state index in [1.54, 1.807) is 0 Å². The summed E-state index contributed by atoms with van der Waals surface area (Å²) in [6.07, 6.45) is 0. The second-order valence-electron chi connectivity index (χ2n) is 2.46. The molecule has 0 radical (unpaired) electrons. The van der Waals surface area contributed by atoms with Crippen molar-refractivity contribution in [3.8, 4) is 0 Å². The van der Waals surface area contributed by atoms with Gasteiger partial charge in [-0.2, -0.15) is 0 Å². The van der Waals surface area contributed by atoms with Gasteiger partial charge in [-0.3, -0.25) is 9.59 Å². The fourth-order valence-corrected chi connectivity index (χ4v) is 2.61. The van der Waals surface area contributed by atoms with Crippen molar-refractivity contribution in [3.63, 3.8) is 0 Å². The minimum Gasteiger partial charge on any atom is -0.480 e. The van der Waals surface area contributed by atoms with Crippen molar-refractivity contribution in [2.45, 2.75) is 12.1 Å². The van der Waals surface area contributed by atoms with Gasteiger partial charge in [0.05, 0.1) is 0 Å². The average molecular weight is 292 g/mol. The molecule has 9 heteroatoms. The Labute approximate surface area is 106 Å². The van der Waals surface area contributed by atoms with E-state index < -0.39 is 24.0 Å². The van der Waals surface area contributed by atoms with Gasteiger partial charge in [-0.1, -0.05) is 21.6 Å². The zero-order valence-corrected chi connectivity index (χ0v) is 10.6. The van der Waals surface area contributed by atoms with E-state index >= 15 is 0 Å². The minimum atomic E-state index is -1.07. The fourth-order valence-electron chi connectivity index (χ4n) is 0.385. The number of nitrogens with two attached hydrogens (primary N) is 2. The molecule has 0 amide bonds. The van der Waals surface area contributed by atoms with E-state index in [-0.39, 0.29) is 28.9 Å². The molecule has 0 aliphatic rings. The standard InChI is InChI=1S/C6H12N2O4S2.Cr/c7-3(5(9)10)1-13-14-2-4(8)6(11)12;/h3-4H,1-2,7-8H2,(H,9,10)(H,11,12);. The normalized spacial score (nSPS) is 13.7. The van der Waals surface area contributed by atoms with Gasteiger partial charge in [-0.05, 0) is 0 Å². The van der Waals surface area contributed by atoms with Crippen LogP contribution < -0.4 is 11.5 Å². The molecule has 15 heavy (non-hydrogen) atoms. The summed E-state index contributed by atoms with van der Waals surface area (Å²) in [4.78, 5) is 20.5. The summed E-state index contributed by atoms with van der Waals surface area (Å²) >= 11 is 0. The summed E-state index contributed by atoms with van der Waals surface area (Å²) in [7, 11) is 2.41. The Hall–Kier alpha value is 0.0925. The summed E-state index contributed by atoms with van der Waals surface area (Å²) < 4.78 is 0. The van der Waals surface area contributed by atoms with E-state index in [4.69, 9.17) is 21.7 Å². The molecule has 0 bridgehead atoms. The van der Waals surface area contributed by atoms with Crippen LogP contribution in [-0.4, -0.2) is 45.7 Å². The molecule has 6 N–H and O–H groups in total. The molecular formula is C6H12CrN2O4S2.